The highest BCUT2D eigenvalue weighted by Crippen LogP contribution is 2.26. The fourth-order valence-corrected chi connectivity index (χ4v) is 2.69. The van der Waals surface area contributed by atoms with Crippen molar-refractivity contribution in [2.75, 3.05) is 24.7 Å². The first-order valence-electron chi connectivity index (χ1n) is 7.17. The van der Waals surface area contributed by atoms with Crippen LogP contribution in [0.15, 0.2) is 0 Å². The predicted octanol–water partition coefficient (Wildman–Crippen LogP) is 1.11. The third kappa shape index (κ3) is 2.60. The van der Waals surface area contributed by atoms with Crippen molar-refractivity contribution in [2.45, 2.75) is 39.7 Å². The zero-order chi connectivity index (χ0) is 14.7. The molecular weight excluding hydrogens is 254 g/mol. The monoisotopic (exact) mass is 277 g/mol. The SMILES string of the molecule is CCc1nnc(N2CCOCC2C)c(C(=N)N)c1CC. The zero-order valence-corrected chi connectivity index (χ0v) is 12.4. The summed E-state index contributed by atoms with van der Waals surface area (Å²) in [4.78, 5) is 2.14. The Labute approximate surface area is 119 Å². The maximum Gasteiger partial charge on any atom is 0.162 e. The lowest BCUT2D eigenvalue weighted by atomic mass is 10.0. The molecule has 1 aromatic heterocycles. The molecule has 1 aliphatic heterocycles. The van der Waals surface area contributed by atoms with Crippen LogP contribution in [0.3, 0.4) is 0 Å². The van der Waals surface area contributed by atoms with Crippen LogP contribution in [0.1, 0.15) is 37.6 Å². The van der Waals surface area contributed by atoms with E-state index in [2.05, 4.69) is 28.9 Å². The Hall–Kier alpha value is -1.69. The van der Waals surface area contributed by atoms with Gasteiger partial charge in [0.05, 0.1) is 30.5 Å². The number of nitrogens with two attached hydrogens (primary N) is 1. The summed E-state index contributed by atoms with van der Waals surface area (Å²) in [6.07, 6.45) is 1.61. The number of morpholine rings is 1. The fraction of sp³-hybridized carbons (Fsp3) is 0.643. The molecule has 0 aromatic carbocycles. The topological polar surface area (TPSA) is 88.1 Å². The summed E-state index contributed by atoms with van der Waals surface area (Å²) >= 11 is 0. The van der Waals surface area contributed by atoms with Crippen molar-refractivity contribution in [2.24, 2.45) is 5.73 Å². The molecule has 1 unspecified atom stereocenters. The molecule has 6 heteroatoms. The Balaban J connectivity index is 2.54. The van der Waals surface area contributed by atoms with Crippen LogP contribution in [0.4, 0.5) is 5.82 Å². The molecule has 0 bridgehead atoms. The molecule has 1 aliphatic rings. The molecule has 2 heterocycles. The molecule has 1 fully saturated rings. The average Bonchev–Trinajstić information content (AvgIpc) is 2.46. The van der Waals surface area contributed by atoms with E-state index in [0.717, 1.165) is 42.0 Å². The van der Waals surface area contributed by atoms with Gasteiger partial charge in [-0.3, -0.25) is 5.41 Å². The number of hydrogen-bond donors (Lipinski definition) is 2. The van der Waals surface area contributed by atoms with Crippen LogP contribution >= 0.6 is 0 Å². The number of ether oxygens (including phenoxy) is 1. The van der Waals surface area contributed by atoms with Gasteiger partial charge in [0.15, 0.2) is 5.82 Å². The number of nitrogen functional groups attached to an aromatic ring is 1. The Bertz CT molecular complexity index is 503. The molecule has 2 rings (SSSR count). The van der Waals surface area contributed by atoms with Crippen molar-refractivity contribution >= 4 is 11.7 Å². The van der Waals surface area contributed by atoms with Gasteiger partial charge in [-0.2, -0.15) is 5.10 Å². The molecule has 6 nitrogen and oxygen atoms in total. The maximum atomic E-state index is 7.93. The van der Waals surface area contributed by atoms with Crippen molar-refractivity contribution in [1.29, 1.82) is 5.41 Å². The van der Waals surface area contributed by atoms with Crippen LogP contribution in [0.5, 0.6) is 0 Å². The van der Waals surface area contributed by atoms with Crippen LogP contribution in [0, 0.1) is 5.41 Å². The van der Waals surface area contributed by atoms with Gasteiger partial charge < -0.3 is 15.4 Å². The molecule has 0 radical (unpaired) electrons. The number of aromatic nitrogens is 2. The molecule has 1 aromatic rings. The molecular formula is C14H23N5O. The van der Waals surface area contributed by atoms with E-state index in [-0.39, 0.29) is 11.9 Å². The molecule has 20 heavy (non-hydrogen) atoms. The van der Waals surface area contributed by atoms with Crippen LogP contribution in [0.25, 0.3) is 0 Å². The van der Waals surface area contributed by atoms with Crippen molar-refractivity contribution in [3.05, 3.63) is 16.8 Å². The number of nitrogens with zero attached hydrogens (tertiary/aromatic N) is 3. The number of anilines is 1. The van der Waals surface area contributed by atoms with Gasteiger partial charge in [-0.1, -0.05) is 13.8 Å². The quantitative estimate of drug-likeness (QED) is 0.636. The summed E-state index contributed by atoms with van der Waals surface area (Å²) in [5, 5.41) is 16.6. The summed E-state index contributed by atoms with van der Waals surface area (Å²) in [6.45, 7) is 8.28. The molecule has 110 valence electrons. The summed E-state index contributed by atoms with van der Waals surface area (Å²) in [7, 11) is 0. The summed E-state index contributed by atoms with van der Waals surface area (Å²) in [5.74, 6) is 0.794. The highest BCUT2D eigenvalue weighted by atomic mass is 16.5. The van der Waals surface area contributed by atoms with Crippen LogP contribution < -0.4 is 10.6 Å². The van der Waals surface area contributed by atoms with Gasteiger partial charge in [0.2, 0.25) is 0 Å². The Morgan fingerprint density at radius 2 is 2.15 bits per heavy atom. The van der Waals surface area contributed by atoms with Gasteiger partial charge in [-0.15, -0.1) is 5.10 Å². The molecule has 3 N–H and O–H groups in total. The summed E-state index contributed by atoms with van der Waals surface area (Å²) in [6, 6.07) is 0.216. The normalized spacial score (nSPS) is 19.1. The van der Waals surface area contributed by atoms with E-state index in [4.69, 9.17) is 15.9 Å². The van der Waals surface area contributed by atoms with Crippen molar-refractivity contribution in [3.8, 4) is 0 Å². The molecule has 0 saturated carbocycles. The number of nitrogens with one attached hydrogen (secondary N) is 1. The number of aryl methyl sites for hydroxylation is 1. The van der Waals surface area contributed by atoms with Crippen LogP contribution in [-0.2, 0) is 17.6 Å². The Morgan fingerprint density at radius 3 is 2.70 bits per heavy atom. The maximum absolute atomic E-state index is 7.93. The lowest BCUT2D eigenvalue weighted by molar-refractivity contribution is 0.0984. The van der Waals surface area contributed by atoms with Gasteiger partial charge in [-0.05, 0) is 25.3 Å². The largest absolute Gasteiger partial charge is 0.384 e. The fourth-order valence-electron chi connectivity index (χ4n) is 2.69. The standard InChI is InChI=1S/C14H23N5O/c1-4-10-11(5-2)17-18-14(12(10)13(15)16)19-6-7-20-8-9(19)3/h9H,4-8H2,1-3H3,(H3,15,16). The molecule has 0 spiro atoms. The van der Waals surface area contributed by atoms with Gasteiger partial charge in [0.1, 0.15) is 5.84 Å². The number of hydrogen-bond acceptors (Lipinski definition) is 5. The zero-order valence-electron chi connectivity index (χ0n) is 12.4. The minimum Gasteiger partial charge on any atom is -0.384 e. The van der Waals surface area contributed by atoms with Gasteiger partial charge >= 0.3 is 0 Å². The lowest BCUT2D eigenvalue weighted by Gasteiger charge is -2.35. The van der Waals surface area contributed by atoms with E-state index in [1.54, 1.807) is 0 Å². The summed E-state index contributed by atoms with van der Waals surface area (Å²) in [5.41, 5.74) is 8.55. The minimum absolute atomic E-state index is 0.0696. The van der Waals surface area contributed by atoms with E-state index < -0.39 is 0 Å². The minimum atomic E-state index is 0.0696. The number of amidine groups is 1. The van der Waals surface area contributed by atoms with E-state index in [0.29, 0.717) is 13.2 Å². The van der Waals surface area contributed by atoms with Gasteiger partial charge in [-0.25, -0.2) is 0 Å². The van der Waals surface area contributed by atoms with Gasteiger partial charge in [0.25, 0.3) is 0 Å². The smallest absolute Gasteiger partial charge is 0.162 e. The van der Waals surface area contributed by atoms with E-state index in [1.807, 2.05) is 6.92 Å². The molecule has 1 atom stereocenters. The van der Waals surface area contributed by atoms with E-state index in [1.165, 1.54) is 0 Å². The van der Waals surface area contributed by atoms with E-state index in [9.17, 15) is 0 Å². The van der Waals surface area contributed by atoms with Crippen molar-refractivity contribution in [1.82, 2.24) is 10.2 Å². The van der Waals surface area contributed by atoms with Gasteiger partial charge in [0, 0.05) is 6.54 Å². The summed E-state index contributed by atoms with van der Waals surface area (Å²) < 4.78 is 5.46. The molecule has 0 amide bonds. The predicted molar refractivity (Wildman–Crippen MR) is 79.4 cm³/mol. The second-order valence-electron chi connectivity index (χ2n) is 5.06. The second kappa shape index (κ2) is 6.17. The molecule has 0 aliphatic carbocycles. The third-order valence-corrected chi connectivity index (χ3v) is 3.74. The van der Waals surface area contributed by atoms with Crippen molar-refractivity contribution in [3.63, 3.8) is 0 Å². The first-order chi connectivity index (χ1) is 9.60. The Kier molecular flexibility index (Phi) is 4.54. The van der Waals surface area contributed by atoms with Crippen LogP contribution in [-0.4, -0.2) is 41.8 Å². The first kappa shape index (κ1) is 14.7. The highest BCUT2D eigenvalue weighted by Gasteiger charge is 2.26. The lowest BCUT2D eigenvalue weighted by Crippen LogP contribution is -2.45. The average molecular weight is 277 g/mol. The third-order valence-electron chi connectivity index (χ3n) is 3.74. The van der Waals surface area contributed by atoms with Crippen LogP contribution in [0.2, 0.25) is 0 Å². The van der Waals surface area contributed by atoms with Crippen molar-refractivity contribution < 1.29 is 4.74 Å². The second-order valence-corrected chi connectivity index (χ2v) is 5.06. The Morgan fingerprint density at radius 1 is 1.40 bits per heavy atom. The molecule has 1 saturated heterocycles. The number of rotatable bonds is 4. The first-order valence-corrected chi connectivity index (χ1v) is 7.17. The van der Waals surface area contributed by atoms with E-state index >= 15 is 0 Å². The highest BCUT2D eigenvalue weighted by molar-refractivity contribution is 6.01.